The third-order valence-electron chi connectivity index (χ3n) is 4.48. The van der Waals surface area contributed by atoms with Gasteiger partial charge in [0.05, 0.1) is 20.3 Å². The molecule has 0 aliphatic heterocycles. The molecular formula is C20H21NO5. The maximum Gasteiger partial charge on any atom is 0.319 e. The van der Waals surface area contributed by atoms with Crippen LogP contribution in [0.25, 0.3) is 0 Å². The molecule has 1 aliphatic carbocycles. The van der Waals surface area contributed by atoms with Gasteiger partial charge in [-0.1, -0.05) is 24.3 Å². The Kier molecular flexibility index (Phi) is 5.23. The third kappa shape index (κ3) is 4.03. The van der Waals surface area contributed by atoms with Crippen molar-refractivity contribution in [2.45, 2.75) is 26.1 Å². The number of methoxy groups -OCH3 is 1. The molecule has 2 aromatic carbocycles. The molecule has 0 heterocycles. The molecule has 26 heavy (non-hydrogen) atoms. The average Bonchev–Trinajstić information content (AvgIpc) is 3.45. The number of carbonyl (C=O) groups is 2. The zero-order valence-corrected chi connectivity index (χ0v) is 14.5. The summed E-state index contributed by atoms with van der Waals surface area (Å²) in [5.74, 6) is -0.720. The van der Waals surface area contributed by atoms with E-state index in [-0.39, 0.29) is 0 Å². The molecule has 1 aliphatic rings. The molecule has 1 saturated carbocycles. The summed E-state index contributed by atoms with van der Waals surface area (Å²) in [6.07, 6.45) is 0.775. The Bertz CT molecular complexity index is 796. The van der Waals surface area contributed by atoms with Crippen molar-refractivity contribution >= 4 is 17.6 Å². The summed E-state index contributed by atoms with van der Waals surface area (Å²) in [5.41, 5.74) is 1.26. The lowest BCUT2D eigenvalue weighted by atomic mass is 10.1. The minimum atomic E-state index is -1.25. The molecule has 3 rings (SSSR count). The molecule has 1 amide bonds. The molecule has 136 valence electrons. The van der Waals surface area contributed by atoms with Gasteiger partial charge in [0.25, 0.3) is 0 Å². The van der Waals surface area contributed by atoms with Crippen molar-refractivity contribution in [2.24, 2.45) is 5.41 Å². The van der Waals surface area contributed by atoms with Gasteiger partial charge in [0.2, 0.25) is 5.91 Å². The first-order valence-electron chi connectivity index (χ1n) is 8.38. The Morgan fingerprint density at radius 2 is 1.77 bits per heavy atom. The van der Waals surface area contributed by atoms with E-state index in [4.69, 9.17) is 9.47 Å². The molecule has 2 aromatic rings. The molecule has 0 atom stereocenters. The third-order valence-corrected chi connectivity index (χ3v) is 4.48. The monoisotopic (exact) mass is 355 g/mol. The number of carboxylic acids is 1. The standard InChI is InChI=1S/C20H21NO5/c1-25-17-7-5-14(6-8-17)12-26-13-15-3-2-4-16(11-15)21-18(22)20(9-10-20)19(23)24/h2-8,11H,9-10,12-13H2,1H3,(H,21,22)(H,23,24). The zero-order chi connectivity index (χ0) is 18.6. The largest absolute Gasteiger partial charge is 0.497 e. The lowest BCUT2D eigenvalue weighted by molar-refractivity contribution is -0.147. The quantitative estimate of drug-likeness (QED) is 0.710. The van der Waals surface area contributed by atoms with E-state index in [1.165, 1.54) is 0 Å². The van der Waals surface area contributed by atoms with E-state index in [0.717, 1.165) is 16.9 Å². The van der Waals surface area contributed by atoms with E-state index < -0.39 is 17.3 Å². The first-order chi connectivity index (χ1) is 12.5. The van der Waals surface area contributed by atoms with E-state index in [0.29, 0.717) is 31.7 Å². The SMILES string of the molecule is COc1ccc(COCc2cccc(NC(=O)C3(C(=O)O)CC3)c2)cc1. The fraction of sp³-hybridized carbons (Fsp3) is 0.300. The van der Waals surface area contributed by atoms with Crippen molar-refractivity contribution in [1.82, 2.24) is 0 Å². The first kappa shape index (κ1) is 17.9. The predicted octanol–water partition coefficient (Wildman–Crippen LogP) is 3.22. The first-order valence-corrected chi connectivity index (χ1v) is 8.38. The fourth-order valence-corrected chi connectivity index (χ4v) is 2.66. The Balaban J connectivity index is 1.54. The zero-order valence-electron chi connectivity index (χ0n) is 14.5. The summed E-state index contributed by atoms with van der Waals surface area (Å²) in [6, 6.07) is 14.9. The smallest absolute Gasteiger partial charge is 0.319 e. The van der Waals surface area contributed by atoms with E-state index in [1.54, 1.807) is 19.2 Å². The summed E-state index contributed by atoms with van der Waals surface area (Å²) >= 11 is 0. The van der Waals surface area contributed by atoms with Gasteiger partial charge in [0, 0.05) is 5.69 Å². The van der Waals surface area contributed by atoms with Crippen LogP contribution in [0.5, 0.6) is 5.75 Å². The van der Waals surface area contributed by atoms with Gasteiger partial charge in [-0.05, 0) is 48.2 Å². The molecule has 0 spiro atoms. The number of hydrogen-bond acceptors (Lipinski definition) is 4. The molecule has 6 nitrogen and oxygen atoms in total. The normalized spacial score (nSPS) is 14.5. The van der Waals surface area contributed by atoms with Crippen LogP contribution in [0, 0.1) is 5.41 Å². The molecule has 0 radical (unpaired) electrons. The van der Waals surface area contributed by atoms with Gasteiger partial charge in [-0.3, -0.25) is 9.59 Å². The molecule has 0 aromatic heterocycles. The molecular weight excluding hydrogens is 334 g/mol. The minimum absolute atomic E-state index is 0.388. The van der Waals surface area contributed by atoms with Crippen LogP contribution in [0.15, 0.2) is 48.5 Å². The maximum atomic E-state index is 12.2. The van der Waals surface area contributed by atoms with Crippen LogP contribution in [-0.4, -0.2) is 24.1 Å². The van der Waals surface area contributed by atoms with E-state index in [1.807, 2.05) is 36.4 Å². The molecule has 0 saturated heterocycles. The van der Waals surface area contributed by atoms with Crippen molar-refractivity contribution in [2.75, 3.05) is 12.4 Å². The average molecular weight is 355 g/mol. The molecule has 6 heteroatoms. The van der Waals surface area contributed by atoms with Gasteiger partial charge < -0.3 is 19.9 Å². The maximum absolute atomic E-state index is 12.2. The number of carboxylic acid groups (broad SMARTS) is 1. The van der Waals surface area contributed by atoms with Crippen LogP contribution in [-0.2, 0) is 27.5 Å². The van der Waals surface area contributed by atoms with E-state index >= 15 is 0 Å². The molecule has 2 N–H and O–H groups in total. The highest BCUT2D eigenvalue weighted by molar-refractivity contribution is 6.10. The number of carbonyl (C=O) groups excluding carboxylic acids is 1. The Labute approximate surface area is 151 Å². The second-order valence-corrected chi connectivity index (χ2v) is 6.38. The number of nitrogens with one attached hydrogen (secondary N) is 1. The molecule has 1 fully saturated rings. The number of aliphatic carboxylic acids is 1. The van der Waals surface area contributed by atoms with Gasteiger partial charge in [0.1, 0.15) is 11.2 Å². The van der Waals surface area contributed by atoms with Crippen LogP contribution in [0.1, 0.15) is 24.0 Å². The molecule has 0 unspecified atom stereocenters. The highest BCUT2D eigenvalue weighted by atomic mass is 16.5. The predicted molar refractivity (Wildman–Crippen MR) is 95.9 cm³/mol. The lowest BCUT2D eigenvalue weighted by Gasteiger charge is -2.12. The van der Waals surface area contributed by atoms with Crippen LogP contribution in [0.4, 0.5) is 5.69 Å². The van der Waals surface area contributed by atoms with Gasteiger partial charge in [-0.15, -0.1) is 0 Å². The Hall–Kier alpha value is -2.86. The van der Waals surface area contributed by atoms with E-state index in [9.17, 15) is 14.7 Å². The topological polar surface area (TPSA) is 84.9 Å². The van der Waals surface area contributed by atoms with Crippen LogP contribution < -0.4 is 10.1 Å². The van der Waals surface area contributed by atoms with Crippen LogP contribution in [0.3, 0.4) is 0 Å². The number of amides is 1. The number of anilines is 1. The van der Waals surface area contributed by atoms with Gasteiger partial charge in [0.15, 0.2) is 0 Å². The van der Waals surface area contributed by atoms with Crippen molar-refractivity contribution in [3.63, 3.8) is 0 Å². The summed E-state index contributed by atoms with van der Waals surface area (Å²) in [7, 11) is 1.62. The van der Waals surface area contributed by atoms with Crippen LogP contribution in [0.2, 0.25) is 0 Å². The highest BCUT2D eigenvalue weighted by Gasteiger charge is 2.57. The lowest BCUT2D eigenvalue weighted by Crippen LogP contribution is -2.31. The number of hydrogen-bond donors (Lipinski definition) is 2. The van der Waals surface area contributed by atoms with Crippen molar-refractivity contribution in [3.05, 3.63) is 59.7 Å². The number of benzene rings is 2. The summed E-state index contributed by atoms with van der Waals surface area (Å²) in [6.45, 7) is 0.850. The van der Waals surface area contributed by atoms with Gasteiger partial charge in [-0.25, -0.2) is 0 Å². The second kappa shape index (κ2) is 7.58. The second-order valence-electron chi connectivity index (χ2n) is 6.38. The highest BCUT2D eigenvalue weighted by Crippen LogP contribution is 2.46. The summed E-state index contributed by atoms with van der Waals surface area (Å²) < 4.78 is 10.8. The van der Waals surface area contributed by atoms with Crippen molar-refractivity contribution in [1.29, 1.82) is 0 Å². The van der Waals surface area contributed by atoms with Crippen molar-refractivity contribution in [3.8, 4) is 5.75 Å². The molecule has 0 bridgehead atoms. The van der Waals surface area contributed by atoms with Gasteiger partial charge >= 0.3 is 5.97 Å². The van der Waals surface area contributed by atoms with Crippen LogP contribution >= 0.6 is 0 Å². The minimum Gasteiger partial charge on any atom is -0.497 e. The Morgan fingerprint density at radius 1 is 1.08 bits per heavy atom. The van der Waals surface area contributed by atoms with Gasteiger partial charge in [-0.2, -0.15) is 0 Å². The van der Waals surface area contributed by atoms with Crippen molar-refractivity contribution < 1.29 is 24.2 Å². The summed E-state index contributed by atoms with van der Waals surface area (Å²) in [5, 5.41) is 11.9. The van der Waals surface area contributed by atoms with E-state index in [2.05, 4.69) is 5.32 Å². The Morgan fingerprint density at radius 3 is 2.38 bits per heavy atom. The fourth-order valence-electron chi connectivity index (χ4n) is 2.66. The summed E-state index contributed by atoms with van der Waals surface area (Å²) in [4.78, 5) is 23.4. The number of rotatable bonds is 8. The number of ether oxygens (including phenoxy) is 2.